The molecule has 0 amide bonds. The third-order valence-corrected chi connectivity index (χ3v) is 5.15. The Balaban J connectivity index is 1.58. The number of alkyl halides is 3. The van der Waals surface area contributed by atoms with Gasteiger partial charge >= 0.3 is 6.18 Å². The molecule has 150 valence electrons. The van der Waals surface area contributed by atoms with Gasteiger partial charge in [-0.25, -0.2) is 9.50 Å². The zero-order chi connectivity index (χ0) is 20.1. The van der Waals surface area contributed by atoms with Crippen LogP contribution in [-0.2, 0) is 26.1 Å². The number of hydrogen-bond acceptors (Lipinski definition) is 5. The van der Waals surface area contributed by atoms with Crippen molar-refractivity contribution in [2.75, 3.05) is 18.0 Å². The number of anilines is 1. The van der Waals surface area contributed by atoms with Gasteiger partial charge < -0.3 is 4.90 Å². The van der Waals surface area contributed by atoms with Gasteiger partial charge in [-0.3, -0.25) is 4.68 Å². The molecule has 3 aromatic rings. The number of aryl methyl sites for hydroxylation is 5. The van der Waals surface area contributed by atoms with Crippen molar-refractivity contribution in [3.8, 4) is 0 Å². The third kappa shape index (κ3) is 3.31. The van der Waals surface area contributed by atoms with E-state index in [2.05, 4.69) is 25.1 Å². The van der Waals surface area contributed by atoms with E-state index in [0.717, 1.165) is 37.7 Å². The van der Waals surface area contributed by atoms with E-state index < -0.39 is 11.9 Å². The fraction of sp³-hybridized carbons (Fsp3) is 0.556. The van der Waals surface area contributed by atoms with E-state index in [1.54, 1.807) is 17.7 Å². The SMILES string of the molecule is Cc1cc(CCc2nc(N3CCCC3)nn2C)nn2c(C)c(C(F)(F)F)nc12. The summed E-state index contributed by atoms with van der Waals surface area (Å²) in [6.45, 7) is 5.09. The minimum absolute atomic E-state index is 0.00225. The largest absolute Gasteiger partial charge is 0.435 e. The fourth-order valence-electron chi connectivity index (χ4n) is 3.64. The van der Waals surface area contributed by atoms with Crippen LogP contribution in [0.2, 0.25) is 0 Å². The Morgan fingerprint density at radius 1 is 1.04 bits per heavy atom. The van der Waals surface area contributed by atoms with Crippen LogP contribution in [0, 0.1) is 13.8 Å². The van der Waals surface area contributed by atoms with Crippen LogP contribution in [0.25, 0.3) is 5.65 Å². The van der Waals surface area contributed by atoms with Gasteiger partial charge in [0.2, 0.25) is 5.95 Å². The van der Waals surface area contributed by atoms with Crippen LogP contribution < -0.4 is 4.90 Å². The molecule has 28 heavy (non-hydrogen) atoms. The molecule has 0 bridgehead atoms. The first-order valence-electron chi connectivity index (χ1n) is 9.32. The highest BCUT2D eigenvalue weighted by atomic mass is 19.4. The predicted octanol–water partition coefficient (Wildman–Crippen LogP) is 2.88. The van der Waals surface area contributed by atoms with Crippen molar-refractivity contribution < 1.29 is 13.2 Å². The maximum absolute atomic E-state index is 13.1. The van der Waals surface area contributed by atoms with Gasteiger partial charge in [0.1, 0.15) is 5.82 Å². The average Bonchev–Trinajstić information content (AvgIpc) is 3.32. The van der Waals surface area contributed by atoms with E-state index in [4.69, 9.17) is 0 Å². The molecule has 0 radical (unpaired) electrons. The molecule has 10 heteroatoms. The van der Waals surface area contributed by atoms with Crippen LogP contribution in [-0.4, -0.2) is 42.5 Å². The molecule has 0 aromatic carbocycles. The summed E-state index contributed by atoms with van der Waals surface area (Å²) in [4.78, 5) is 10.5. The summed E-state index contributed by atoms with van der Waals surface area (Å²) in [5, 5.41) is 8.87. The molecule has 0 N–H and O–H groups in total. The number of rotatable bonds is 4. The van der Waals surface area contributed by atoms with E-state index in [1.165, 1.54) is 11.4 Å². The minimum Gasteiger partial charge on any atom is -0.340 e. The van der Waals surface area contributed by atoms with Gasteiger partial charge in [0.15, 0.2) is 11.3 Å². The molecular formula is C18H22F3N7. The second kappa shape index (κ2) is 6.75. The Morgan fingerprint density at radius 2 is 1.75 bits per heavy atom. The van der Waals surface area contributed by atoms with Crippen molar-refractivity contribution in [2.24, 2.45) is 7.05 Å². The van der Waals surface area contributed by atoms with E-state index in [-0.39, 0.29) is 11.3 Å². The molecule has 1 aliphatic heterocycles. The van der Waals surface area contributed by atoms with Gasteiger partial charge in [0, 0.05) is 26.6 Å². The second-order valence-corrected chi connectivity index (χ2v) is 7.24. The summed E-state index contributed by atoms with van der Waals surface area (Å²) in [7, 11) is 1.86. The van der Waals surface area contributed by atoms with Crippen molar-refractivity contribution in [3.63, 3.8) is 0 Å². The summed E-state index contributed by atoms with van der Waals surface area (Å²) in [5.41, 5.74) is 0.721. The molecule has 7 nitrogen and oxygen atoms in total. The van der Waals surface area contributed by atoms with Crippen LogP contribution in [0.15, 0.2) is 6.07 Å². The van der Waals surface area contributed by atoms with Crippen molar-refractivity contribution >= 4 is 11.6 Å². The smallest absolute Gasteiger partial charge is 0.340 e. The number of fused-ring (bicyclic) bond motifs is 1. The van der Waals surface area contributed by atoms with E-state index in [9.17, 15) is 13.2 Å². The molecule has 0 aliphatic carbocycles. The fourth-order valence-corrected chi connectivity index (χ4v) is 3.64. The van der Waals surface area contributed by atoms with Crippen molar-refractivity contribution in [2.45, 2.75) is 45.7 Å². The summed E-state index contributed by atoms with van der Waals surface area (Å²) < 4.78 is 42.5. The molecule has 0 spiro atoms. The maximum atomic E-state index is 13.1. The molecule has 1 aliphatic rings. The molecular weight excluding hydrogens is 371 g/mol. The Morgan fingerprint density at radius 3 is 2.43 bits per heavy atom. The molecule has 4 heterocycles. The zero-order valence-electron chi connectivity index (χ0n) is 16.1. The standard InChI is InChI=1S/C18H22F3N7/c1-11-10-13(24-28-12(2)15(18(19,20)21)23-16(11)28)6-7-14-22-17(25-26(14)3)27-8-4-5-9-27/h10H,4-9H2,1-3H3. The first-order valence-corrected chi connectivity index (χ1v) is 9.32. The number of nitrogens with zero attached hydrogens (tertiary/aromatic N) is 7. The van der Waals surface area contributed by atoms with E-state index >= 15 is 0 Å². The Kier molecular flexibility index (Phi) is 4.51. The van der Waals surface area contributed by atoms with E-state index in [1.807, 2.05) is 7.05 Å². The van der Waals surface area contributed by atoms with Crippen LogP contribution in [0.1, 0.15) is 41.3 Å². The first kappa shape index (κ1) is 18.7. The number of imidazole rings is 1. The monoisotopic (exact) mass is 393 g/mol. The zero-order valence-corrected chi connectivity index (χ0v) is 16.1. The number of hydrogen-bond donors (Lipinski definition) is 0. The summed E-state index contributed by atoms with van der Waals surface area (Å²) in [6.07, 6.45) is -1.02. The van der Waals surface area contributed by atoms with E-state index in [0.29, 0.717) is 24.1 Å². The highest BCUT2D eigenvalue weighted by molar-refractivity contribution is 5.50. The summed E-state index contributed by atoms with van der Waals surface area (Å²) in [5.74, 6) is 1.58. The van der Waals surface area contributed by atoms with Crippen molar-refractivity contribution in [1.82, 2.24) is 29.4 Å². The van der Waals surface area contributed by atoms with Gasteiger partial charge in [-0.05, 0) is 44.7 Å². The van der Waals surface area contributed by atoms with Crippen LogP contribution in [0.3, 0.4) is 0 Å². The lowest BCUT2D eigenvalue weighted by Gasteiger charge is -2.10. The van der Waals surface area contributed by atoms with Gasteiger partial charge in [-0.15, -0.1) is 5.10 Å². The second-order valence-electron chi connectivity index (χ2n) is 7.24. The Labute approximate surface area is 160 Å². The van der Waals surface area contributed by atoms with Crippen LogP contribution in [0.5, 0.6) is 0 Å². The van der Waals surface area contributed by atoms with Gasteiger partial charge in [-0.2, -0.15) is 23.3 Å². The topological polar surface area (TPSA) is 64.1 Å². The van der Waals surface area contributed by atoms with Gasteiger partial charge in [0.25, 0.3) is 0 Å². The first-order chi connectivity index (χ1) is 13.2. The quantitative estimate of drug-likeness (QED) is 0.682. The van der Waals surface area contributed by atoms with Gasteiger partial charge in [0.05, 0.1) is 11.4 Å². The highest BCUT2D eigenvalue weighted by Gasteiger charge is 2.37. The maximum Gasteiger partial charge on any atom is 0.435 e. The minimum atomic E-state index is -4.49. The van der Waals surface area contributed by atoms with Crippen molar-refractivity contribution in [3.05, 3.63) is 34.5 Å². The molecule has 3 aromatic heterocycles. The molecule has 4 rings (SSSR count). The lowest BCUT2D eigenvalue weighted by Crippen LogP contribution is -2.19. The molecule has 0 saturated carbocycles. The summed E-state index contributed by atoms with van der Waals surface area (Å²) in [6, 6.07) is 1.79. The molecule has 0 unspecified atom stereocenters. The predicted molar refractivity (Wildman–Crippen MR) is 97.3 cm³/mol. The Bertz CT molecular complexity index is 1010. The average molecular weight is 393 g/mol. The molecule has 1 saturated heterocycles. The lowest BCUT2D eigenvalue weighted by atomic mass is 10.2. The van der Waals surface area contributed by atoms with Crippen LogP contribution in [0.4, 0.5) is 19.1 Å². The van der Waals surface area contributed by atoms with Crippen LogP contribution >= 0.6 is 0 Å². The highest BCUT2D eigenvalue weighted by Crippen LogP contribution is 2.31. The lowest BCUT2D eigenvalue weighted by molar-refractivity contribution is -0.141. The van der Waals surface area contributed by atoms with Gasteiger partial charge in [-0.1, -0.05) is 0 Å². The van der Waals surface area contributed by atoms with Crippen molar-refractivity contribution in [1.29, 1.82) is 0 Å². The third-order valence-electron chi connectivity index (χ3n) is 5.15. The number of halogens is 3. The summed E-state index contributed by atoms with van der Waals surface area (Å²) >= 11 is 0. The normalized spacial score (nSPS) is 15.1. The molecule has 0 atom stereocenters. The molecule has 1 fully saturated rings. The Hall–Kier alpha value is -2.65. The number of aromatic nitrogens is 6.